The summed E-state index contributed by atoms with van der Waals surface area (Å²) in [4.78, 5) is 18.9. The second kappa shape index (κ2) is 5.42. The van der Waals surface area contributed by atoms with Gasteiger partial charge in [0.05, 0.1) is 17.8 Å². The van der Waals surface area contributed by atoms with Gasteiger partial charge in [-0.15, -0.1) is 10.2 Å². The average molecular weight is 262 g/mol. The van der Waals surface area contributed by atoms with Gasteiger partial charge in [-0.2, -0.15) is 0 Å². The highest BCUT2D eigenvalue weighted by Crippen LogP contribution is 2.08. The summed E-state index contributed by atoms with van der Waals surface area (Å²) in [5.41, 5.74) is 0.518. The van der Waals surface area contributed by atoms with Crippen LogP contribution in [0.15, 0.2) is 12.5 Å². The normalized spacial score (nSPS) is 10.4. The van der Waals surface area contributed by atoms with E-state index in [1.54, 1.807) is 13.3 Å². The minimum atomic E-state index is -1.03. The first-order valence-corrected chi connectivity index (χ1v) is 5.79. The number of anilines is 1. The maximum Gasteiger partial charge on any atom is 0.339 e. The molecule has 0 bridgehead atoms. The third-order valence-electron chi connectivity index (χ3n) is 2.65. The topological polar surface area (TPSA) is 106 Å². The third kappa shape index (κ3) is 2.84. The van der Waals surface area contributed by atoms with E-state index >= 15 is 0 Å². The summed E-state index contributed by atoms with van der Waals surface area (Å²) in [5.74, 6) is 0.106. The molecule has 2 aromatic rings. The van der Waals surface area contributed by atoms with Crippen molar-refractivity contribution in [1.29, 1.82) is 0 Å². The summed E-state index contributed by atoms with van der Waals surface area (Å²) in [6, 6.07) is 0. The molecular weight excluding hydrogens is 248 g/mol. The highest BCUT2D eigenvalue weighted by atomic mass is 16.4. The minimum Gasteiger partial charge on any atom is -0.478 e. The van der Waals surface area contributed by atoms with Crippen LogP contribution in [0.2, 0.25) is 0 Å². The van der Waals surface area contributed by atoms with Crippen molar-refractivity contribution in [2.24, 2.45) is 0 Å². The molecule has 19 heavy (non-hydrogen) atoms. The van der Waals surface area contributed by atoms with Crippen molar-refractivity contribution in [1.82, 2.24) is 24.7 Å². The summed E-state index contributed by atoms with van der Waals surface area (Å²) < 4.78 is 1.89. The molecule has 0 saturated heterocycles. The number of rotatable bonds is 5. The fraction of sp³-hybridized carbons (Fsp3) is 0.364. The van der Waals surface area contributed by atoms with Crippen LogP contribution in [-0.4, -0.2) is 35.8 Å². The van der Waals surface area contributed by atoms with Gasteiger partial charge in [-0.25, -0.2) is 14.8 Å². The Hall–Kier alpha value is -2.51. The Morgan fingerprint density at radius 2 is 2.32 bits per heavy atom. The van der Waals surface area contributed by atoms with Gasteiger partial charge in [0.15, 0.2) is 5.82 Å². The highest BCUT2D eigenvalue weighted by molar-refractivity contribution is 5.88. The monoisotopic (exact) mass is 262 g/mol. The van der Waals surface area contributed by atoms with E-state index < -0.39 is 5.97 Å². The fourth-order valence-electron chi connectivity index (χ4n) is 1.60. The lowest BCUT2D eigenvalue weighted by atomic mass is 10.2. The second-order valence-electron chi connectivity index (χ2n) is 3.88. The molecule has 0 spiro atoms. The van der Waals surface area contributed by atoms with Crippen LogP contribution in [0.1, 0.15) is 28.8 Å². The van der Waals surface area contributed by atoms with Crippen molar-refractivity contribution in [3.05, 3.63) is 29.6 Å². The van der Waals surface area contributed by atoms with Crippen molar-refractivity contribution < 1.29 is 9.90 Å². The van der Waals surface area contributed by atoms with Gasteiger partial charge in [-0.1, -0.05) is 0 Å². The number of carboxylic acids is 1. The number of nitrogens with zero attached hydrogens (tertiary/aromatic N) is 5. The van der Waals surface area contributed by atoms with Crippen LogP contribution >= 0.6 is 0 Å². The van der Waals surface area contributed by atoms with Gasteiger partial charge in [-0.05, 0) is 13.8 Å². The fourth-order valence-corrected chi connectivity index (χ4v) is 1.60. The van der Waals surface area contributed by atoms with Crippen molar-refractivity contribution >= 4 is 11.9 Å². The molecule has 0 fully saturated rings. The molecule has 2 N–H and O–H groups in total. The Morgan fingerprint density at radius 1 is 1.53 bits per heavy atom. The van der Waals surface area contributed by atoms with Crippen LogP contribution in [0.3, 0.4) is 0 Å². The molecule has 2 aromatic heterocycles. The van der Waals surface area contributed by atoms with Crippen molar-refractivity contribution in [3.63, 3.8) is 0 Å². The zero-order valence-electron chi connectivity index (χ0n) is 10.7. The molecule has 0 atom stereocenters. The minimum absolute atomic E-state index is 0.0993. The first-order valence-electron chi connectivity index (χ1n) is 5.79. The predicted octanol–water partition coefficient (Wildman–Crippen LogP) is 0.707. The van der Waals surface area contributed by atoms with Crippen LogP contribution < -0.4 is 5.32 Å². The van der Waals surface area contributed by atoms with E-state index in [1.807, 2.05) is 11.5 Å². The SMILES string of the molecule is CCn1cnnc1CNc1ncc(C(=O)O)c(C)n1. The van der Waals surface area contributed by atoms with Crippen molar-refractivity contribution in [2.45, 2.75) is 26.9 Å². The molecule has 0 radical (unpaired) electrons. The third-order valence-corrected chi connectivity index (χ3v) is 2.65. The molecule has 0 aliphatic carbocycles. The molecular formula is C11H14N6O2. The summed E-state index contributed by atoms with van der Waals surface area (Å²) in [6.07, 6.45) is 2.94. The highest BCUT2D eigenvalue weighted by Gasteiger charge is 2.10. The number of carbonyl (C=O) groups is 1. The van der Waals surface area contributed by atoms with Gasteiger partial charge < -0.3 is 15.0 Å². The molecule has 0 aliphatic rings. The van der Waals surface area contributed by atoms with E-state index in [9.17, 15) is 4.79 Å². The summed E-state index contributed by atoms with van der Waals surface area (Å²) in [5, 5.41) is 19.7. The van der Waals surface area contributed by atoms with Crippen molar-refractivity contribution in [2.75, 3.05) is 5.32 Å². The molecule has 0 aliphatic heterocycles. The first kappa shape index (κ1) is 12.9. The number of aryl methyl sites for hydroxylation is 2. The van der Waals surface area contributed by atoms with E-state index in [1.165, 1.54) is 6.20 Å². The number of hydrogen-bond acceptors (Lipinski definition) is 6. The molecule has 8 nitrogen and oxygen atoms in total. The van der Waals surface area contributed by atoms with E-state index in [2.05, 4.69) is 25.5 Å². The van der Waals surface area contributed by atoms with Crippen LogP contribution in [0.25, 0.3) is 0 Å². The Bertz CT molecular complexity index is 595. The number of carboxylic acid groups (broad SMARTS) is 1. The maximum atomic E-state index is 10.8. The Kier molecular flexibility index (Phi) is 3.69. The molecule has 0 aromatic carbocycles. The standard InChI is InChI=1S/C11H14N6O2/c1-3-17-6-14-16-9(17)5-13-11-12-4-8(10(18)19)7(2)15-11/h4,6H,3,5H2,1-2H3,(H,18,19)(H,12,13,15). The number of hydrogen-bond donors (Lipinski definition) is 2. The van der Waals surface area contributed by atoms with Gasteiger partial charge in [0.2, 0.25) is 5.95 Å². The van der Waals surface area contributed by atoms with Crippen LogP contribution in [0.4, 0.5) is 5.95 Å². The smallest absolute Gasteiger partial charge is 0.339 e. The lowest BCUT2D eigenvalue weighted by molar-refractivity contribution is 0.0695. The zero-order chi connectivity index (χ0) is 13.8. The summed E-state index contributed by atoms with van der Waals surface area (Å²) in [7, 11) is 0. The second-order valence-corrected chi connectivity index (χ2v) is 3.88. The molecule has 0 unspecified atom stereocenters. The van der Waals surface area contributed by atoms with Crippen LogP contribution in [0, 0.1) is 6.92 Å². The van der Waals surface area contributed by atoms with Gasteiger partial charge in [-0.3, -0.25) is 0 Å². The average Bonchev–Trinajstić information content (AvgIpc) is 2.83. The molecule has 8 heteroatoms. The number of aromatic carboxylic acids is 1. The maximum absolute atomic E-state index is 10.8. The van der Waals surface area contributed by atoms with E-state index in [4.69, 9.17) is 5.11 Å². The van der Waals surface area contributed by atoms with Crippen LogP contribution in [0.5, 0.6) is 0 Å². The Balaban J connectivity index is 2.08. The quantitative estimate of drug-likeness (QED) is 0.817. The molecule has 100 valence electrons. The van der Waals surface area contributed by atoms with Crippen LogP contribution in [-0.2, 0) is 13.1 Å². The van der Waals surface area contributed by atoms with Gasteiger partial charge in [0.25, 0.3) is 0 Å². The van der Waals surface area contributed by atoms with E-state index in [-0.39, 0.29) is 5.56 Å². The van der Waals surface area contributed by atoms with Gasteiger partial charge >= 0.3 is 5.97 Å². The number of nitrogens with one attached hydrogen (secondary N) is 1. The molecule has 2 rings (SSSR count). The molecule has 0 saturated carbocycles. The molecule has 0 amide bonds. The Morgan fingerprint density at radius 3 is 2.95 bits per heavy atom. The lowest BCUT2D eigenvalue weighted by Crippen LogP contribution is -2.11. The summed E-state index contributed by atoms with van der Waals surface area (Å²) in [6.45, 7) is 4.83. The first-order chi connectivity index (χ1) is 9.11. The van der Waals surface area contributed by atoms with Crippen molar-refractivity contribution in [3.8, 4) is 0 Å². The zero-order valence-corrected chi connectivity index (χ0v) is 10.7. The van der Waals surface area contributed by atoms with E-state index in [0.29, 0.717) is 18.2 Å². The van der Waals surface area contributed by atoms with E-state index in [0.717, 1.165) is 12.4 Å². The molecule has 2 heterocycles. The van der Waals surface area contributed by atoms with Gasteiger partial charge in [0.1, 0.15) is 6.33 Å². The Labute approximate surface area is 109 Å². The predicted molar refractivity (Wildman–Crippen MR) is 66.8 cm³/mol. The number of aromatic nitrogens is 5. The van der Waals surface area contributed by atoms with Gasteiger partial charge in [0, 0.05) is 12.7 Å². The largest absolute Gasteiger partial charge is 0.478 e. The lowest BCUT2D eigenvalue weighted by Gasteiger charge is -2.07. The summed E-state index contributed by atoms with van der Waals surface area (Å²) >= 11 is 0.